The molecule has 8 heteroatoms. The molecular weight excluding hydrogens is 418 g/mol. The van der Waals surface area contributed by atoms with Gasteiger partial charge in [-0.05, 0) is 53.8 Å². The summed E-state index contributed by atoms with van der Waals surface area (Å²) in [5.41, 5.74) is 5.14. The van der Waals surface area contributed by atoms with Crippen LogP contribution in [0.3, 0.4) is 0 Å². The minimum Gasteiger partial charge on any atom is -0.445 e. The molecule has 0 spiro atoms. The summed E-state index contributed by atoms with van der Waals surface area (Å²) in [7, 11) is 0. The third-order valence-corrected chi connectivity index (χ3v) is 5.78. The molecule has 3 aromatic carbocycles. The average Bonchev–Trinajstić information content (AvgIpc) is 3.53. The van der Waals surface area contributed by atoms with E-state index in [1.807, 2.05) is 72.8 Å². The van der Waals surface area contributed by atoms with Gasteiger partial charge in [0.15, 0.2) is 0 Å². The van der Waals surface area contributed by atoms with E-state index in [-0.39, 0.29) is 12.5 Å². The highest BCUT2D eigenvalue weighted by Crippen LogP contribution is 2.26. The highest BCUT2D eigenvalue weighted by molar-refractivity contribution is 5.97. The van der Waals surface area contributed by atoms with Gasteiger partial charge in [-0.3, -0.25) is 14.8 Å². The lowest BCUT2D eigenvalue weighted by atomic mass is 10.0. The standard InChI is InChI=1S/C25H23N5O3/c31-24(23-10-5-13-30(23)25(32)33-16-17-6-2-1-3-7-17)26-20-9-4-8-18(14-20)19-11-12-21-22(15-19)28-29-27-21/h1-4,6-9,11-12,14-15,23H,5,10,13,16H2,(H,26,31)(H,27,28,29). The second-order valence-corrected chi connectivity index (χ2v) is 8.01. The quantitative estimate of drug-likeness (QED) is 0.479. The van der Waals surface area contributed by atoms with Crippen LogP contribution in [-0.4, -0.2) is 44.9 Å². The first-order chi connectivity index (χ1) is 16.2. The van der Waals surface area contributed by atoms with E-state index in [0.29, 0.717) is 18.7 Å². The van der Waals surface area contributed by atoms with Crippen LogP contribution in [0, 0.1) is 0 Å². The number of aromatic nitrogens is 3. The largest absolute Gasteiger partial charge is 0.445 e. The number of nitrogens with one attached hydrogen (secondary N) is 2. The minimum absolute atomic E-state index is 0.183. The van der Waals surface area contributed by atoms with E-state index >= 15 is 0 Å². The fourth-order valence-corrected chi connectivity index (χ4v) is 4.08. The number of hydrogen-bond acceptors (Lipinski definition) is 5. The number of hydrogen-bond donors (Lipinski definition) is 2. The van der Waals surface area contributed by atoms with Crippen LogP contribution in [0.15, 0.2) is 72.8 Å². The number of nitrogens with zero attached hydrogens (tertiary/aromatic N) is 3. The normalized spacial score (nSPS) is 15.5. The Morgan fingerprint density at radius 3 is 2.76 bits per heavy atom. The predicted molar refractivity (Wildman–Crippen MR) is 124 cm³/mol. The molecule has 1 aromatic heterocycles. The first-order valence-electron chi connectivity index (χ1n) is 10.9. The van der Waals surface area contributed by atoms with E-state index in [4.69, 9.17) is 4.74 Å². The third kappa shape index (κ3) is 4.55. The minimum atomic E-state index is -0.552. The predicted octanol–water partition coefficient (Wildman–Crippen LogP) is 4.36. The zero-order valence-corrected chi connectivity index (χ0v) is 17.9. The van der Waals surface area contributed by atoms with Crippen molar-refractivity contribution in [2.75, 3.05) is 11.9 Å². The summed E-state index contributed by atoms with van der Waals surface area (Å²) in [5.74, 6) is -0.215. The summed E-state index contributed by atoms with van der Waals surface area (Å²) >= 11 is 0. The van der Waals surface area contributed by atoms with E-state index < -0.39 is 12.1 Å². The molecule has 0 aliphatic carbocycles. The van der Waals surface area contributed by atoms with Crippen molar-refractivity contribution >= 4 is 28.7 Å². The van der Waals surface area contributed by atoms with Gasteiger partial charge >= 0.3 is 6.09 Å². The fourth-order valence-electron chi connectivity index (χ4n) is 4.08. The van der Waals surface area contributed by atoms with Crippen molar-refractivity contribution in [3.63, 3.8) is 0 Å². The van der Waals surface area contributed by atoms with Crippen LogP contribution >= 0.6 is 0 Å². The Labute approximate surface area is 190 Å². The molecule has 1 aliphatic rings. The summed E-state index contributed by atoms with van der Waals surface area (Å²) in [6.07, 6.45) is 0.900. The number of likely N-dealkylation sites (tertiary alicyclic amines) is 1. The Kier molecular flexibility index (Phi) is 5.72. The smallest absolute Gasteiger partial charge is 0.410 e. The number of H-pyrrole nitrogens is 1. The highest BCUT2D eigenvalue weighted by Gasteiger charge is 2.35. The van der Waals surface area contributed by atoms with Crippen molar-refractivity contribution in [1.82, 2.24) is 20.3 Å². The Morgan fingerprint density at radius 1 is 1.03 bits per heavy atom. The van der Waals surface area contributed by atoms with Crippen LogP contribution in [-0.2, 0) is 16.1 Å². The van der Waals surface area contributed by atoms with Crippen LogP contribution in [0.2, 0.25) is 0 Å². The molecule has 2 heterocycles. The average molecular weight is 441 g/mol. The number of rotatable bonds is 5. The van der Waals surface area contributed by atoms with Gasteiger partial charge in [-0.15, -0.1) is 5.10 Å². The zero-order valence-electron chi connectivity index (χ0n) is 17.9. The molecule has 1 atom stereocenters. The zero-order chi connectivity index (χ0) is 22.6. The van der Waals surface area contributed by atoms with E-state index in [9.17, 15) is 9.59 Å². The monoisotopic (exact) mass is 441 g/mol. The van der Waals surface area contributed by atoms with Crippen LogP contribution in [0.5, 0.6) is 0 Å². The number of fused-ring (bicyclic) bond motifs is 1. The molecule has 1 aliphatic heterocycles. The highest BCUT2D eigenvalue weighted by atomic mass is 16.6. The number of anilines is 1. The van der Waals surface area contributed by atoms with Crippen LogP contribution in [0.25, 0.3) is 22.2 Å². The molecule has 0 saturated carbocycles. The Bertz CT molecular complexity index is 1290. The van der Waals surface area contributed by atoms with Gasteiger partial charge in [0.05, 0.1) is 5.52 Å². The van der Waals surface area contributed by atoms with Gasteiger partial charge in [-0.1, -0.05) is 53.7 Å². The molecule has 1 unspecified atom stereocenters. The summed E-state index contributed by atoms with van der Waals surface area (Å²) in [4.78, 5) is 27.1. The molecule has 1 saturated heterocycles. The molecule has 4 aromatic rings. The number of benzene rings is 3. The molecule has 2 amide bonds. The number of carbonyl (C=O) groups excluding carboxylic acids is 2. The number of ether oxygens (including phenoxy) is 1. The van der Waals surface area contributed by atoms with Gasteiger partial charge in [0.25, 0.3) is 0 Å². The summed E-state index contributed by atoms with van der Waals surface area (Å²) < 4.78 is 5.44. The Hall–Kier alpha value is -4.20. The van der Waals surface area contributed by atoms with E-state index in [0.717, 1.165) is 34.1 Å². The van der Waals surface area contributed by atoms with Gasteiger partial charge in [-0.2, -0.15) is 0 Å². The summed E-state index contributed by atoms with van der Waals surface area (Å²) in [6, 6.07) is 22.4. The molecule has 0 radical (unpaired) electrons. The molecule has 166 valence electrons. The first kappa shape index (κ1) is 20.7. The maximum absolute atomic E-state index is 13.0. The topological polar surface area (TPSA) is 100 Å². The Balaban J connectivity index is 1.25. The van der Waals surface area contributed by atoms with Crippen LogP contribution in [0.4, 0.5) is 10.5 Å². The lowest BCUT2D eigenvalue weighted by molar-refractivity contribution is -0.120. The first-order valence-corrected chi connectivity index (χ1v) is 10.9. The second kappa shape index (κ2) is 9.12. The SMILES string of the molecule is O=C(Nc1cccc(-c2ccc3[nH]nnc3c2)c1)C1CCCN1C(=O)OCc1ccccc1. The van der Waals surface area contributed by atoms with Gasteiger partial charge in [0.2, 0.25) is 5.91 Å². The fraction of sp³-hybridized carbons (Fsp3) is 0.200. The Morgan fingerprint density at radius 2 is 1.88 bits per heavy atom. The number of amides is 2. The van der Waals surface area contributed by atoms with E-state index in [1.54, 1.807) is 0 Å². The van der Waals surface area contributed by atoms with Gasteiger partial charge in [-0.25, -0.2) is 4.79 Å². The summed E-state index contributed by atoms with van der Waals surface area (Å²) in [6.45, 7) is 0.686. The third-order valence-electron chi connectivity index (χ3n) is 5.78. The lowest BCUT2D eigenvalue weighted by Crippen LogP contribution is -2.43. The van der Waals surface area contributed by atoms with E-state index in [1.165, 1.54) is 4.90 Å². The molecule has 1 fully saturated rings. The maximum Gasteiger partial charge on any atom is 0.410 e. The molecular formula is C25H23N5O3. The summed E-state index contributed by atoms with van der Waals surface area (Å²) in [5, 5.41) is 13.7. The van der Waals surface area contributed by atoms with Crippen molar-refractivity contribution in [2.45, 2.75) is 25.5 Å². The van der Waals surface area contributed by atoms with Crippen molar-refractivity contribution in [3.05, 3.63) is 78.4 Å². The van der Waals surface area contributed by atoms with E-state index in [2.05, 4.69) is 20.7 Å². The van der Waals surface area contributed by atoms with Gasteiger partial charge < -0.3 is 10.1 Å². The molecule has 33 heavy (non-hydrogen) atoms. The lowest BCUT2D eigenvalue weighted by Gasteiger charge is -2.23. The van der Waals surface area contributed by atoms with Crippen molar-refractivity contribution in [1.29, 1.82) is 0 Å². The maximum atomic E-state index is 13.0. The van der Waals surface area contributed by atoms with Gasteiger partial charge in [0, 0.05) is 12.2 Å². The number of carbonyl (C=O) groups is 2. The van der Waals surface area contributed by atoms with Crippen LogP contribution < -0.4 is 5.32 Å². The van der Waals surface area contributed by atoms with Gasteiger partial charge in [0.1, 0.15) is 18.2 Å². The van der Waals surface area contributed by atoms with Crippen molar-refractivity contribution < 1.29 is 14.3 Å². The second-order valence-electron chi connectivity index (χ2n) is 8.01. The molecule has 2 N–H and O–H groups in total. The molecule has 5 rings (SSSR count). The van der Waals surface area contributed by atoms with Crippen molar-refractivity contribution in [3.8, 4) is 11.1 Å². The molecule has 0 bridgehead atoms. The number of aromatic amines is 1. The molecule has 8 nitrogen and oxygen atoms in total. The van der Waals surface area contributed by atoms with Crippen molar-refractivity contribution in [2.24, 2.45) is 0 Å². The van der Waals surface area contributed by atoms with Crippen LogP contribution in [0.1, 0.15) is 18.4 Å².